The molecule has 1 unspecified atom stereocenters. The van der Waals surface area contributed by atoms with Crippen molar-refractivity contribution in [2.24, 2.45) is 0 Å². The number of nitriles is 1. The molecule has 0 aromatic heterocycles. The van der Waals surface area contributed by atoms with Gasteiger partial charge in [-0.1, -0.05) is 19.1 Å². The molecule has 2 N–H and O–H groups in total. The molecule has 0 aliphatic carbocycles. The van der Waals surface area contributed by atoms with Gasteiger partial charge < -0.3 is 10.5 Å². The van der Waals surface area contributed by atoms with Crippen LogP contribution in [0.4, 0.5) is 5.69 Å². The Kier molecular flexibility index (Phi) is 4.73. The van der Waals surface area contributed by atoms with Crippen molar-refractivity contribution in [1.82, 2.24) is 0 Å². The number of nitrogens with two attached hydrogens (primary N) is 1. The first kappa shape index (κ1) is 14.0. The van der Waals surface area contributed by atoms with Gasteiger partial charge in [-0.2, -0.15) is 5.26 Å². The minimum atomic E-state index is -0.651. The third kappa shape index (κ3) is 3.01. The molecule has 4 heteroatoms. The number of rotatable bonds is 5. The van der Waals surface area contributed by atoms with Gasteiger partial charge in [-0.3, -0.25) is 4.79 Å². The molecule has 1 aromatic rings. The minimum Gasteiger partial charge on any atom is -0.469 e. The molecule has 0 heterocycles. The Morgan fingerprint density at radius 2 is 2.06 bits per heavy atom. The highest BCUT2D eigenvalue weighted by molar-refractivity contribution is 5.69. The second-order valence-electron chi connectivity index (χ2n) is 4.25. The molecular formula is C14H18N2O2. The number of methoxy groups -OCH3 is 1. The summed E-state index contributed by atoms with van der Waals surface area (Å²) in [5.74, 6) is -0.293. The number of carbonyl (C=O) groups is 1. The average Bonchev–Trinajstić information content (AvgIpc) is 2.41. The van der Waals surface area contributed by atoms with E-state index in [0.717, 1.165) is 5.56 Å². The maximum absolute atomic E-state index is 11.2. The van der Waals surface area contributed by atoms with E-state index in [2.05, 4.69) is 10.8 Å². The molecule has 0 saturated carbocycles. The molecule has 4 nitrogen and oxygen atoms in total. The fraction of sp³-hybridized carbons (Fsp3) is 0.429. The Hall–Kier alpha value is -2.02. The number of nitrogens with zero attached hydrogens (tertiary/aromatic N) is 1. The lowest BCUT2D eigenvalue weighted by atomic mass is 9.76. The molecule has 18 heavy (non-hydrogen) atoms. The largest absolute Gasteiger partial charge is 0.469 e. The van der Waals surface area contributed by atoms with Crippen LogP contribution in [0.1, 0.15) is 31.7 Å². The van der Waals surface area contributed by atoms with E-state index in [1.54, 1.807) is 12.1 Å². The van der Waals surface area contributed by atoms with Crippen LogP contribution >= 0.6 is 0 Å². The van der Waals surface area contributed by atoms with E-state index >= 15 is 0 Å². The van der Waals surface area contributed by atoms with Gasteiger partial charge in [0.15, 0.2) is 0 Å². The van der Waals surface area contributed by atoms with Crippen LogP contribution in [0.5, 0.6) is 0 Å². The Balaban J connectivity index is 2.96. The van der Waals surface area contributed by atoms with Crippen LogP contribution in [0.15, 0.2) is 24.3 Å². The molecule has 0 saturated heterocycles. The van der Waals surface area contributed by atoms with Gasteiger partial charge in [-0.05, 0) is 30.5 Å². The molecule has 0 amide bonds. The molecule has 0 aliphatic rings. The molecule has 0 radical (unpaired) electrons. The zero-order valence-corrected chi connectivity index (χ0v) is 10.8. The number of ether oxygens (including phenoxy) is 1. The van der Waals surface area contributed by atoms with E-state index in [9.17, 15) is 10.1 Å². The van der Waals surface area contributed by atoms with E-state index < -0.39 is 5.41 Å². The van der Waals surface area contributed by atoms with Crippen molar-refractivity contribution in [1.29, 1.82) is 5.26 Å². The van der Waals surface area contributed by atoms with Crippen LogP contribution in [0.25, 0.3) is 0 Å². The number of hydrogen-bond acceptors (Lipinski definition) is 4. The number of benzene rings is 1. The number of esters is 1. The normalized spacial score (nSPS) is 13.4. The SMILES string of the molecule is CCC(C#N)(CCC(=O)OC)c1ccc(N)cc1. The summed E-state index contributed by atoms with van der Waals surface area (Å²) in [7, 11) is 1.35. The summed E-state index contributed by atoms with van der Waals surface area (Å²) in [6.07, 6.45) is 1.34. The van der Waals surface area contributed by atoms with Crippen molar-refractivity contribution in [3.63, 3.8) is 0 Å². The standard InChI is InChI=1S/C14H18N2O2/c1-3-14(10-15,9-8-13(17)18-2)11-4-6-12(16)7-5-11/h4-7H,3,8-9,16H2,1-2H3. The van der Waals surface area contributed by atoms with Gasteiger partial charge in [0.2, 0.25) is 0 Å². The zero-order chi connectivity index (χ0) is 13.6. The molecule has 96 valence electrons. The molecule has 0 spiro atoms. The van der Waals surface area contributed by atoms with Gasteiger partial charge in [0.1, 0.15) is 0 Å². The van der Waals surface area contributed by atoms with E-state index in [0.29, 0.717) is 18.5 Å². The lowest BCUT2D eigenvalue weighted by Crippen LogP contribution is -2.24. The van der Waals surface area contributed by atoms with E-state index in [1.807, 2.05) is 19.1 Å². The van der Waals surface area contributed by atoms with Gasteiger partial charge in [0, 0.05) is 12.1 Å². The minimum absolute atomic E-state index is 0.238. The van der Waals surface area contributed by atoms with Crippen LogP contribution in [0.2, 0.25) is 0 Å². The monoisotopic (exact) mass is 246 g/mol. The third-order valence-corrected chi connectivity index (χ3v) is 3.26. The average molecular weight is 246 g/mol. The fourth-order valence-electron chi connectivity index (χ4n) is 1.94. The summed E-state index contributed by atoms with van der Waals surface area (Å²) in [6, 6.07) is 9.57. The summed E-state index contributed by atoms with van der Waals surface area (Å²) >= 11 is 0. The highest BCUT2D eigenvalue weighted by Crippen LogP contribution is 2.32. The van der Waals surface area contributed by atoms with Gasteiger partial charge in [0.25, 0.3) is 0 Å². The summed E-state index contributed by atoms with van der Waals surface area (Å²) in [5.41, 5.74) is 6.54. The molecule has 1 atom stereocenters. The molecule has 0 bridgehead atoms. The lowest BCUT2D eigenvalue weighted by Gasteiger charge is -2.25. The Bertz CT molecular complexity index is 448. The summed E-state index contributed by atoms with van der Waals surface area (Å²) in [6.45, 7) is 1.94. The molecule has 0 aliphatic heterocycles. The van der Waals surface area contributed by atoms with Gasteiger partial charge in [0.05, 0.1) is 18.6 Å². The van der Waals surface area contributed by atoms with Crippen molar-refractivity contribution >= 4 is 11.7 Å². The van der Waals surface area contributed by atoms with Crippen LogP contribution in [-0.2, 0) is 14.9 Å². The third-order valence-electron chi connectivity index (χ3n) is 3.26. The number of carbonyl (C=O) groups excluding carboxylic acids is 1. The van der Waals surface area contributed by atoms with E-state index in [-0.39, 0.29) is 12.4 Å². The summed E-state index contributed by atoms with van der Waals surface area (Å²) < 4.78 is 4.62. The number of nitrogen functional groups attached to an aromatic ring is 1. The highest BCUT2D eigenvalue weighted by Gasteiger charge is 2.31. The lowest BCUT2D eigenvalue weighted by molar-refractivity contribution is -0.140. The highest BCUT2D eigenvalue weighted by atomic mass is 16.5. The predicted octanol–water partition coefficient (Wildman–Crippen LogP) is 2.39. The van der Waals surface area contributed by atoms with Crippen molar-refractivity contribution in [2.45, 2.75) is 31.6 Å². The Morgan fingerprint density at radius 1 is 1.44 bits per heavy atom. The predicted molar refractivity (Wildman–Crippen MR) is 69.7 cm³/mol. The number of hydrogen-bond donors (Lipinski definition) is 1. The van der Waals surface area contributed by atoms with Crippen molar-refractivity contribution in [2.75, 3.05) is 12.8 Å². The van der Waals surface area contributed by atoms with E-state index in [1.165, 1.54) is 7.11 Å². The zero-order valence-electron chi connectivity index (χ0n) is 10.8. The van der Waals surface area contributed by atoms with Crippen molar-refractivity contribution in [3.8, 4) is 6.07 Å². The smallest absolute Gasteiger partial charge is 0.305 e. The topological polar surface area (TPSA) is 76.1 Å². The second kappa shape index (κ2) is 6.06. The Labute approximate surface area is 107 Å². The second-order valence-corrected chi connectivity index (χ2v) is 4.25. The van der Waals surface area contributed by atoms with Crippen LogP contribution in [0, 0.1) is 11.3 Å². The quantitative estimate of drug-likeness (QED) is 0.639. The van der Waals surface area contributed by atoms with Gasteiger partial charge >= 0.3 is 5.97 Å². The van der Waals surface area contributed by atoms with Gasteiger partial charge in [-0.25, -0.2) is 0 Å². The first-order valence-electron chi connectivity index (χ1n) is 5.92. The number of anilines is 1. The fourth-order valence-corrected chi connectivity index (χ4v) is 1.94. The molecule has 1 rings (SSSR count). The summed E-state index contributed by atoms with van der Waals surface area (Å²) in [5, 5.41) is 9.45. The van der Waals surface area contributed by atoms with Crippen LogP contribution in [0.3, 0.4) is 0 Å². The van der Waals surface area contributed by atoms with Crippen molar-refractivity contribution in [3.05, 3.63) is 29.8 Å². The molecule has 0 fully saturated rings. The van der Waals surface area contributed by atoms with Gasteiger partial charge in [-0.15, -0.1) is 0 Å². The molecular weight excluding hydrogens is 228 g/mol. The first-order valence-corrected chi connectivity index (χ1v) is 5.92. The van der Waals surface area contributed by atoms with Crippen molar-refractivity contribution < 1.29 is 9.53 Å². The Morgan fingerprint density at radius 3 is 2.50 bits per heavy atom. The maximum Gasteiger partial charge on any atom is 0.305 e. The van der Waals surface area contributed by atoms with Crippen LogP contribution in [-0.4, -0.2) is 13.1 Å². The van der Waals surface area contributed by atoms with Crippen LogP contribution < -0.4 is 5.73 Å². The maximum atomic E-state index is 11.2. The summed E-state index contributed by atoms with van der Waals surface area (Å²) in [4.78, 5) is 11.2. The van der Waals surface area contributed by atoms with E-state index in [4.69, 9.17) is 5.73 Å². The molecule has 1 aromatic carbocycles. The first-order chi connectivity index (χ1) is 8.57.